The van der Waals surface area contributed by atoms with Gasteiger partial charge in [0.05, 0.1) is 12.9 Å². The van der Waals surface area contributed by atoms with Crippen LogP contribution in [0, 0.1) is 6.92 Å². The molecule has 0 radical (unpaired) electrons. The van der Waals surface area contributed by atoms with Crippen LogP contribution in [-0.2, 0) is 11.2 Å². The van der Waals surface area contributed by atoms with Gasteiger partial charge in [-0.1, -0.05) is 0 Å². The van der Waals surface area contributed by atoms with Crippen molar-refractivity contribution in [3.05, 3.63) is 34.7 Å². The Labute approximate surface area is 128 Å². The number of hydrogen-bond acceptors (Lipinski definition) is 6. The summed E-state index contributed by atoms with van der Waals surface area (Å²) in [6.07, 6.45) is 3.49. The van der Waals surface area contributed by atoms with E-state index < -0.39 is 0 Å². The molecule has 1 N–H and O–H groups in total. The van der Waals surface area contributed by atoms with Gasteiger partial charge in [0.2, 0.25) is 0 Å². The molecule has 0 spiro atoms. The zero-order chi connectivity index (χ0) is 15.2. The lowest BCUT2D eigenvalue weighted by atomic mass is 10.1. The van der Waals surface area contributed by atoms with E-state index in [1.807, 2.05) is 19.1 Å². The van der Waals surface area contributed by atoms with E-state index in [9.17, 15) is 4.79 Å². The van der Waals surface area contributed by atoms with Crippen LogP contribution >= 0.6 is 11.3 Å². The number of ether oxygens (including phenoxy) is 1. The summed E-state index contributed by atoms with van der Waals surface area (Å²) in [6.45, 7) is 6.11. The second-order valence-electron chi connectivity index (χ2n) is 4.81. The van der Waals surface area contributed by atoms with Gasteiger partial charge in [0, 0.05) is 17.3 Å². The van der Waals surface area contributed by atoms with Crippen molar-refractivity contribution in [3.8, 4) is 0 Å². The Bertz CT molecular complexity index is 578. The lowest BCUT2D eigenvalue weighted by Gasteiger charge is -2.11. The standard InChI is InChI=1S/C15H20N2O3S/c1-4-19-14(18)13-11(3)21-15(17-13)16-10(2)7-8-12-6-5-9-20-12/h5-6,9-10H,4,7-8H2,1-3H3,(H,16,17). The molecule has 114 valence electrons. The number of anilines is 1. The number of hydrogen-bond donors (Lipinski definition) is 1. The molecule has 0 bridgehead atoms. The van der Waals surface area contributed by atoms with Gasteiger partial charge in [0.25, 0.3) is 0 Å². The minimum atomic E-state index is -0.359. The predicted molar refractivity (Wildman–Crippen MR) is 82.9 cm³/mol. The average molecular weight is 308 g/mol. The van der Waals surface area contributed by atoms with E-state index in [2.05, 4.69) is 17.2 Å². The summed E-state index contributed by atoms with van der Waals surface area (Å²) in [4.78, 5) is 16.9. The number of esters is 1. The van der Waals surface area contributed by atoms with Crippen molar-refractivity contribution in [1.82, 2.24) is 4.98 Å². The van der Waals surface area contributed by atoms with Gasteiger partial charge in [-0.3, -0.25) is 0 Å². The Morgan fingerprint density at radius 3 is 3.05 bits per heavy atom. The first kappa shape index (κ1) is 15.6. The third-order valence-corrected chi connectivity index (χ3v) is 3.94. The zero-order valence-electron chi connectivity index (χ0n) is 12.5. The van der Waals surface area contributed by atoms with Crippen LogP contribution in [0.2, 0.25) is 0 Å². The number of aryl methyl sites for hydroxylation is 2. The molecular formula is C15H20N2O3S. The Hall–Kier alpha value is -1.82. The van der Waals surface area contributed by atoms with E-state index in [1.54, 1.807) is 13.2 Å². The van der Waals surface area contributed by atoms with Gasteiger partial charge in [-0.25, -0.2) is 9.78 Å². The van der Waals surface area contributed by atoms with E-state index >= 15 is 0 Å². The zero-order valence-corrected chi connectivity index (χ0v) is 13.3. The summed E-state index contributed by atoms with van der Waals surface area (Å²) in [5.41, 5.74) is 0.405. The summed E-state index contributed by atoms with van der Waals surface area (Å²) in [7, 11) is 0. The van der Waals surface area contributed by atoms with Gasteiger partial charge in [-0.2, -0.15) is 0 Å². The third kappa shape index (κ3) is 4.32. The van der Waals surface area contributed by atoms with Crippen molar-refractivity contribution in [2.24, 2.45) is 0 Å². The number of rotatable bonds is 7. The minimum Gasteiger partial charge on any atom is -0.469 e. The first-order chi connectivity index (χ1) is 10.1. The fraction of sp³-hybridized carbons (Fsp3) is 0.467. The molecule has 0 fully saturated rings. The smallest absolute Gasteiger partial charge is 0.358 e. The molecule has 5 nitrogen and oxygen atoms in total. The molecule has 6 heteroatoms. The normalized spacial score (nSPS) is 12.1. The highest BCUT2D eigenvalue weighted by atomic mass is 32.1. The van der Waals surface area contributed by atoms with Crippen LogP contribution in [0.25, 0.3) is 0 Å². The van der Waals surface area contributed by atoms with Crippen LogP contribution < -0.4 is 5.32 Å². The monoisotopic (exact) mass is 308 g/mol. The molecule has 2 rings (SSSR count). The molecule has 2 aromatic rings. The number of aromatic nitrogens is 1. The number of thiazole rings is 1. The molecule has 0 aliphatic heterocycles. The average Bonchev–Trinajstić information content (AvgIpc) is 3.06. The van der Waals surface area contributed by atoms with Gasteiger partial charge < -0.3 is 14.5 Å². The van der Waals surface area contributed by atoms with Crippen LogP contribution in [-0.4, -0.2) is 23.6 Å². The van der Waals surface area contributed by atoms with Crippen molar-refractivity contribution in [1.29, 1.82) is 0 Å². The summed E-state index contributed by atoms with van der Waals surface area (Å²) in [5, 5.41) is 4.07. The molecule has 2 aromatic heterocycles. The molecule has 21 heavy (non-hydrogen) atoms. The maximum atomic E-state index is 11.7. The van der Waals surface area contributed by atoms with Crippen LogP contribution in [0.1, 0.15) is 41.4 Å². The SMILES string of the molecule is CCOC(=O)c1nc(NC(C)CCc2ccco2)sc1C. The molecule has 2 heterocycles. The highest BCUT2D eigenvalue weighted by Gasteiger charge is 2.17. The summed E-state index contributed by atoms with van der Waals surface area (Å²) in [6, 6.07) is 4.11. The van der Waals surface area contributed by atoms with Gasteiger partial charge in [-0.05, 0) is 39.3 Å². The molecular weight excluding hydrogens is 288 g/mol. The van der Waals surface area contributed by atoms with Crippen LogP contribution in [0.5, 0.6) is 0 Å². The topological polar surface area (TPSA) is 64.4 Å². The Balaban J connectivity index is 1.90. The second-order valence-corrected chi connectivity index (χ2v) is 6.01. The van der Waals surface area contributed by atoms with E-state index in [4.69, 9.17) is 9.15 Å². The van der Waals surface area contributed by atoms with Crippen LogP contribution in [0.15, 0.2) is 22.8 Å². The van der Waals surface area contributed by atoms with Crippen molar-refractivity contribution < 1.29 is 13.9 Å². The molecule has 0 aromatic carbocycles. The molecule has 1 atom stereocenters. The highest BCUT2D eigenvalue weighted by molar-refractivity contribution is 7.15. The van der Waals surface area contributed by atoms with Gasteiger partial charge in [0.15, 0.2) is 10.8 Å². The number of furan rings is 1. The van der Waals surface area contributed by atoms with E-state index in [1.165, 1.54) is 11.3 Å². The fourth-order valence-corrected chi connectivity index (χ4v) is 2.86. The van der Waals surface area contributed by atoms with Crippen LogP contribution in [0.3, 0.4) is 0 Å². The molecule has 0 amide bonds. The third-order valence-electron chi connectivity index (χ3n) is 3.04. The first-order valence-corrected chi connectivity index (χ1v) is 7.85. The Morgan fingerprint density at radius 1 is 1.57 bits per heavy atom. The van der Waals surface area contributed by atoms with E-state index in [0.29, 0.717) is 12.3 Å². The molecule has 0 saturated heterocycles. The number of carbonyl (C=O) groups is 1. The minimum absolute atomic E-state index is 0.246. The Morgan fingerprint density at radius 2 is 2.38 bits per heavy atom. The van der Waals surface area contributed by atoms with Crippen molar-refractivity contribution >= 4 is 22.4 Å². The number of nitrogens with zero attached hydrogens (tertiary/aromatic N) is 1. The fourth-order valence-electron chi connectivity index (χ4n) is 1.94. The predicted octanol–water partition coefficient (Wildman–Crippen LogP) is 3.65. The molecule has 0 saturated carbocycles. The van der Waals surface area contributed by atoms with Crippen molar-refractivity contribution in [2.75, 3.05) is 11.9 Å². The second kappa shape index (κ2) is 7.26. The highest BCUT2D eigenvalue weighted by Crippen LogP contribution is 2.24. The molecule has 0 aliphatic rings. The molecule has 0 aliphatic carbocycles. The van der Waals surface area contributed by atoms with Crippen molar-refractivity contribution in [2.45, 2.75) is 39.7 Å². The van der Waals surface area contributed by atoms with Crippen molar-refractivity contribution in [3.63, 3.8) is 0 Å². The van der Waals surface area contributed by atoms with Gasteiger partial charge >= 0.3 is 5.97 Å². The maximum Gasteiger partial charge on any atom is 0.358 e. The summed E-state index contributed by atoms with van der Waals surface area (Å²) < 4.78 is 10.3. The summed E-state index contributed by atoms with van der Waals surface area (Å²) >= 11 is 1.47. The number of carbonyl (C=O) groups excluding carboxylic acids is 1. The number of nitrogens with one attached hydrogen (secondary N) is 1. The lowest BCUT2D eigenvalue weighted by Crippen LogP contribution is -2.16. The first-order valence-electron chi connectivity index (χ1n) is 7.03. The Kier molecular flexibility index (Phi) is 5.38. The van der Waals surface area contributed by atoms with Crippen LogP contribution in [0.4, 0.5) is 5.13 Å². The van der Waals surface area contributed by atoms with Gasteiger partial charge in [-0.15, -0.1) is 11.3 Å². The maximum absolute atomic E-state index is 11.7. The van der Waals surface area contributed by atoms with E-state index in [-0.39, 0.29) is 12.0 Å². The van der Waals surface area contributed by atoms with E-state index in [0.717, 1.165) is 28.6 Å². The summed E-state index contributed by atoms with van der Waals surface area (Å²) in [5.74, 6) is 0.619. The quantitative estimate of drug-likeness (QED) is 0.791. The lowest BCUT2D eigenvalue weighted by molar-refractivity contribution is 0.0519. The van der Waals surface area contributed by atoms with Gasteiger partial charge in [0.1, 0.15) is 5.76 Å². The largest absolute Gasteiger partial charge is 0.469 e. The molecule has 1 unspecified atom stereocenters.